The van der Waals surface area contributed by atoms with Gasteiger partial charge in [-0.25, -0.2) is 4.39 Å². The van der Waals surface area contributed by atoms with Gasteiger partial charge >= 0.3 is 0 Å². The van der Waals surface area contributed by atoms with Gasteiger partial charge in [0.2, 0.25) is 0 Å². The first-order valence-corrected chi connectivity index (χ1v) is 7.70. The van der Waals surface area contributed by atoms with Crippen LogP contribution < -0.4 is 0 Å². The van der Waals surface area contributed by atoms with Crippen molar-refractivity contribution in [3.8, 4) is 5.69 Å². The van der Waals surface area contributed by atoms with Gasteiger partial charge in [-0.15, -0.1) is 0 Å². The van der Waals surface area contributed by atoms with Gasteiger partial charge in [0.05, 0.1) is 20.3 Å². The molecule has 0 unspecified atom stereocenters. The molecular formula is C13H7BrFIN2S. The van der Waals surface area contributed by atoms with Crippen molar-refractivity contribution in [1.29, 1.82) is 0 Å². The fourth-order valence-electron chi connectivity index (χ4n) is 1.97. The van der Waals surface area contributed by atoms with Crippen molar-refractivity contribution in [3.63, 3.8) is 0 Å². The van der Waals surface area contributed by atoms with E-state index in [1.54, 1.807) is 6.07 Å². The van der Waals surface area contributed by atoms with Crippen molar-refractivity contribution in [2.24, 2.45) is 0 Å². The highest BCUT2D eigenvalue weighted by molar-refractivity contribution is 14.1. The number of H-pyrrole nitrogens is 1. The van der Waals surface area contributed by atoms with Crippen LogP contribution in [0.5, 0.6) is 0 Å². The summed E-state index contributed by atoms with van der Waals surface area (Å²) in [5.74, 6) is -0.247. The van der Waals surface area contributed by atoms with E-state index in [-0.39, 0.29) is 5.82 Å². The molecule has 2 aromatic carbocycles. The Hall–Kier alpha value is -0.730. The molecule has 6 heteroatoms. The predicted molar refractivity (Wildman–Crippen MR) is 88.8 cm³/mol. The predicted octanol–water partition coefficient (Wildman–Crippen LogP) is 5.19. The average Bonchev–Trinajstić information content (AvgIpc) is 2.66. The van der Waals surface area contributed by atoms with E-state index in [4.69, 9.17) is 12.2 Å². The lowest BCUT2D eigenvalue weighted by Gasteiger charge is -2.07. The van der Waals surface area contributed by atoms with E-state index in [0.717, 1.165) is 21.2 Å². The first kappa shape index (κ1) is 13.3. The smallest absolute Gasteiger partial charge is 0.182 e. The maximum atomic E-state index is 13.8. The van der Waals surface area contributed by atoms with Crippen LogP contribution in [-0.4, -0.2) is 9.55 Å². The fraction of sp³-hybridized carbons (Fsp3) is 0. The second-order valence-corrected chi connectivity index (χ2v) is 6.40. The van der Waals surface area contributed by atoms with Crippen molar-refractivity contribution < 1.29 is 4.39 Å². The number of para-hydroxylation sites is 1. The van der Waals surface area contributed by atoms with Crippen LogP contribution in [0.1, 0.15) is 0 Å². The molecule has 0 aliphatic heterocycles. The Morgan fingerprint density at radius 3 is 2.74 bits per heavy atom. The summed E-state index contributed by atoms with van der Waals surface area (Å²) in [6.07, 6.45) is 0. The maximum absolute atomic E-state index is 13.8. The zero-order valence-corrected chi connectivity index (χ0v) is 14.0. The number of halogens is 3. The van der Waals surface area contributed by atoms with Gasteiger partial charge in [0.1, 0.15) is 5.82 Å². The lowest BCUT2D eigenvalue weighted by Crippen LogP contribution is -1.95. The van der Waals surface area contributed by atoms with Crippen LogP contribution >= 0.6 is 50.7 Å². The van der Waals surface area contributed by atoms with E-state index in [1.165, 1.54) is 6.07 Å². The molecule has 3 aromatic rings. The number of fused-ring (bicyclic) bond motifs is 1. The molecular weight excluding hydrogens is 442 g/mol. The summed E-state index contributed by atoms with van der Waals surface area (Å²) >= 11 is 10.8. The third-order valence-electron chi connectivity index (χ3n) is 2.82. The molecule has 0 spiro atoms. The maximum Gasteiger partial charge on any atom is 0.182 e. The van der Waals surface area contributed by atoms with E-state index in [0.29, 0.717) is 8.34 Å². The highest BCUT2D eigenvalue weighted by Gasteiger charge is 2.11. The molecule has 1 N–H and O–H groups in total. The van der Waals surface area contributed by atoms with Crippen LogP contribution in [0.2, 0.25) is 0 Å². The molecule has 3 rings (SSSR count). The Bertz CT molecular complexity index is 840. The van der Waals surface area contributed by atoms with E-state index >= 15 is 0 Å². The number of aromatic nitrogens is 2. The van der Waals surface area contributed by atoms with Gasteiger partial charge in [0.25, 0.3) is 0 Å². The van der Waals surface area contributed by atoms with E-state index in [2.05, 4.69) is 20.9 Å². The van der Waals surface area contributed by atoms with Crippen molar-refractivity contribution >= 4 is 61.8 Å². The molecule has 96 valence electrons. The number of rotatable bonds is 1. The SMILES string of the molecule is Fc1cc2c(cc1I)[nH]c(=S)n2-c1ccccc1Br. The minimum absolute atomic E-state index is 0.247. The summed E-state index contributed by atoms with van der Waals surface area (Å²) in [6.45, 7) is 0. The van der Waals surface area contributed by atoms with Gasteiger partial charge in [0.15, 0.2) is 4.77 Å². The molecule has 0 aliphatic rings. The second-order valence-electron chi connectivity index (χ2n) is 4.00. The molecule has 1 heterocycles. The summed E-state index contributed by atoms with van der Waals surface area (Å²) in [7, 11) is 0. The Kier molecular flexibility index (Phi) is 3.48. The Labute approximate surface area is 135 Å². The summed E-state index contributed by atoms with van der Waals surface area (Å²) in [4.78, 5) is 3.11. The second kappa shape index (κ2) is 4.99. The molecule has 0 radical (unpaired) electrons. The standard InChI is InChI=1S/C13H7BrFIN2S/c14-7-3-1-2-4-11(7)18-12-5-8(15)9(16)6-10(12)17-13(18)19/h1-6H,(H,17,19). The van der Waals surface area contributed by atoms with E-state index in [9.17, 15) is 4.39 Å². The number of hydrogen-bond donors (Lipinski definition) is 1. The van der Waals surface area contributed by atoms with Crippen LogP contribution in [0, 0.1) is 14.2 Å². The van der Waals surface area contributed by atoms with Crippen LogP contribution in [-0.2, 0) is 0 Å². The molecule has 0 bridgehead atoms. The zero-order chi connectivity index (χ0) is 13.6. The highest BCUT2D eigenvalue weighted by Crippen LogP contribution is 2.27. The van der Waals surface area contributed by atoms with E-state index in [1.807, 2.05) is 51.4 Å². The van der Waals surface area contributed by atoms with Gasteiger partial charge in [-0.3, -0.25) is 4.57 Å². The molecule has 0 saturated carbocycles. The number of hydrogen-bond acceptors (Lipinski definition) is 1. The quantitative estimate of drug-likeness (QED) is 0.401. The number of imidazole rings is 1. The van der Waals surface area contributed by atoms with Gasteiger partial charge in [0, 0.05) is 10.5 Å². The third-order valence-corrected chi connectivity index (χ3v) is 4.60. The molecule has 0 saturated heterocycles. The largest absolute Gasteiger partial charge is 0.330 e. The number of nitrogens with zero attached hydrogens (tertiary/aromatic N) is 1. The van der Waals surface area contributed by atoms with Gasteiger partial charge in [-0.1, -0.05) is 12.1 Å². The minimum atomic E-state index is -0.247. The lowest BCUT2D eigenvalue weighted by atomic mass is 10.2. The van der Waals surface area contributed by atoms with Crippen molar-refractivity contribution in [2.75, 3.05) is 0 Å². The van der Waals surface area contributed by atoms with E-state index < -0.39 is 0 Å². The summed E-state index contributed by atoms with van der Waals surface area (Å²) < 4.78 is 17.6. The zero-order valence-electron chi connectivity index (χ0n) is 9.45. The molecule has 2 nitrogen and oxygen atoms in total. The van der Waals surface area contributed by atoms with Crippen LogP contribution in [0.25, 0.3) is 16.7 Å². The van der Waals surface area contributed by atoms with Gasteiger partial charge < -0.3 is 4.98 Å². The molecule has 19 heavy (non-hydrogen) atoms. The Morgan fingerprint density at radius 2 is 2.00 bits per heavy atom. The van der Waals surface area contributed by atoms with Crippen LogP contribution in [0.15, 0.2) is 40.9 Å². The number of benzene rings is 2. The Morgan fingerprint density at radius 1 is 1.26 bits per heavy atom. The fourth-order valence-corrected chi connectivity index (χ4v) is 3.21. The summed E-state index contributed by atoms with van der Waals surface area (Å²) in [6, 6.07) is 11.0. The first-order chi connectivity index (χ1) is 9.08. The molecule has 0 aliphatic carbocycles. The monoisotopic (exact) mass is 448 g/mol. The molecule has 0 fully saturated rings. The van der Waals surface area contributed by atoms with Crippen LogP contribution in [0.4, 0.5) is 4.39 Å². The summed E-state index contributed by atoms with van der Waals surface area (Å²) in [5.41, 5.74) is 2.45. The normalized spacial score (nSPS) is 11.1. The highest BCUT2D eigenvalue weighted by atomic mass is 127. The third kappa shape index (κ3) is 2.25. The minimum Gasteiger partial charge on any atom is -0.330 e. The van der Waals surface area contributed by atoms with Crippen molar-refractivity contribution in [3.05, 3.63) is 55.0 Å². The van der Waals surface area contributed by atoms with Crippen LogP contribution in [0.3, 0.4) is 0 Å². The number of nitrogens with one attached hydrogen (secondary N) is 1. The van der Waals surface area contributed by atoms with Crippen molar-refractivity contribution in [2.45, 2.75) is 0 Å². The first-order valence-electron chi connectivity index (χ1n) is 5.42. The topological polar surface area (TPSA) is 20.7 Å². The van der Waals surface area contributed by atoms with Gasteiger partial charge in [-0.05, 0) is 68.9 Å². The van der Waals surface area contributed by atoms with Gasteiger partial charge in [-0.2, -0.15) is 0 Å². The molecule has 0 atom stereocenters. The average molecular weight is 449 g/mol. The summed E-state index contributed by atoms with van der Waals surface area (Å²) in [5, 5.41) is 0. The lowest BCUT2D eigenvalue weighted by molar-refractivity contribution is 0.622. The Balaban J connectivity index is 2.42. The van der Waals surface area contributed by atoms with Crippen molar-refractivity contribution in [1.82, 2.24) is 9.55 Å². The number of aromatic amines is 1. The molecule has 1 aromatic heterocycles. The molecule has 0 amide bonds.